The molecule has 2 amide bonds. The van der Waals surface area contributed by atoms with E-state index < -0.39 is 29.4 Å². The van der Waals surface area contributed by atoms with Gasteiger partial charge in [0.15, 0.2) is 11.6 Å². The summed E-state index contributed by atoms with van der Waals surface area (Å²) in [5.74, 6) is -4.06. The summed E-state index contributed by atoms with van der Waals surface area (Å²) >= 11 is 0. The smallest absolute Gasteiger partial charge is 0.255 e. The van der Waals surface area contributed by atoms with Crippen molar-refractivity contribution in [1.29, 1.82) is 0 Å². The summed E-state index contributed by atoms with van der Waals surface area (Å²) < 4.78 is 26.3. The van der Waals surface area contributed by atoms with Crippen molar-refractivity contribution in [1.82, 2.24) is 5.48 Å². The Hall–Kier alpha value is -3.58. The maximum atomic E-state index is 13.3. The maximum absolute atomic E-state index is 13.3. The normalized spacial score (nSPS) is 11.5. The molecule has 0 fully saturated rings. The number of rotatable bonds is 5. The van der Waals surface area contributed by atoms with E-state index in [9.17, 15) is 18.4 Å². The molecule has 3 aromatic rings. The fourth-order valence-electron chi connectivity index (χ4n) is 2.80. The Morgan fingerprint density at radius 1 is 0.821 bits per heavy atom. The van der Waals surface area contributed by atoms with Crippen LogP contribution >= 0.6 is 0 Å². The van der Waals surface area contributed by atoms with E-state index in [2.05, 4.69) is 5.32 Å². The molecule has 0 aliphatic heterocycles. The van der Waals surface area contributed by atoms with Crippen LogP contribution in [-0.2, 0) is 4.79 Å². The number of carbonyl (C=O) groups excluding carboxylic acids is 2. The van der Waals surface area contributed by atoms with Gasteiger partial charge in [-0.3, -0.25) is 14.8 Å². The number of anilines is 1. The summed E-state index contributed by atoms with van der Waals surface area (Å²) in [6.45, 7) is 0. The van der Waals surface area contributed by atoms with Crippen LogP contribution in [0.4, 0.5) is 14.5 Å². The summed E-state index contributed by atoms with van der Waals surface area (Å²) in [6.07, 6.45) is 0. The molecule has 3 rings (SSSR count). The molecule has 3 N–H and O–H groups in total. The summed E-state index contributed by atoms with van der Waals surface area (Å²) in [7, 11) is 0. The zero-order valence-corrected chi connectivity index (χ0v) is 14.5. The highest BCUT2D eigenvalue weighted by atomic mass is 19.2. The van der Waals surface area contributed by atoms with E-state index in [0.29, 0.717) is 16.8 Å². The highest BCUT2D eigenvalue weighted by Crippen LogP contribution is 2.26. The van der Waals surface area contributed by atoms with Crippen LogP contribution in [-0.4, -0.2) is 17.0 Å². The number of hydrogen-bond acceptors (Lipinski definition) is 3. The lowest BCUT2D eigenvalue weighted by atomic mass is 9.90. The third kappa shape index (κ3) is 4.21. The number of carbonyl (C=O) groups is 2. The van der Waals surface area contributed by atoms with Gasteiger partial charge in [-0.05, 0) is 41.5 Å². The topological polar surface area (TPSA) is 78.4 Å². The van der Waals surface area contributed by atoms with Gasteiger partial charge in [-0.25, -0.2) is 14.3 Å². The molecule has 1 atom stereocenters. The first-order valence-corrected chi connectivity index (χ1v) is 8.35. The monoisotopic (exact) mass is 382 g/mol. The number of benzene rings is 3. The Balaban J connectivity index is 1.80. The standard InChI is InChI=1S/C21H16F2N2O3/c22-17-11-8-15(12-18(17)23)20(26)24-16-9-6-14(7-10-16)19(21(27)25-28)13-4-2-1-3-5-13/h1-12,19,28H,(H,24,26)(H,25,27). The zero-order valence-electron chi connectivity index (χ0n) is 14.5. The van der Waals surface area contributed by atoms with Crippen molar-refractivity contribution in [2.75, 3.05) is 5.32 Å². The lowest BCUT2D eigenvalue weighted by molar-refractivity contribution is -0.129. The second kappa shape index (κ2) is 8.41. The summed E-state index contributed by atoms with van der Waals surface area (Å²) in [5, 5.41) is 11.6. The molecule has 0 spiro atoms. The molecule has 0 saturated carbocycles. The first kappa shape index (κ1) is 19.2. The van der Waals surface area contributed by atoms with Gasteiger partial charge < -0.3 is 5.32 Å². The van der Waals surface area contributed by atoms with Gasteiger partial charge in [0.2, 0.25) is 0 Å². The molecule has 0 radical (unpaired) electrons. The minimum atomic E-state index is -1.11. The van der Waals surface area contributed by atoms with E-state index >= 15 is 0 Å². The van der Waals surface area contributed by atoms with Crippen molar-refractivity contribution < 1.29 is 23.6 Å². The van der Waals surface area contributed by atoms with Gasteiger partial charge >= 0.3 is 0 Å². The third-order valence-electron chi connectivity index (χ3n) is 4.19. The molecule has 1 unspecified atom stereocenters. The van der Waals surface area contributed by atoms with Crippen molar-refractivity contribution in [3.05, 3.63) is 101 Å². The number of amides is 2. The van der Waals surface area contributed by atoms with Gasteiger partial charge in [-0.2, -0.15) is 0 Å². The van der Waals surface area contributed by atoms with Crippen LogP contribution in [0.1, 0.15) is 27.4 Å². The van der Waals surface area contributed by atoms with E-state index in [1.165, 1.54) is 6.07 Å². The maximum Gasteiger partial charge on any atom is 0.255 e. The van der Waals surface area contributed by atoms with Gasteiger partial charge in [-0.1, -0.05) is 42.5 Å². The fraction of sp³-hybridized carbons (Fsp3) is 0.0476. The zero-order chi connectivity index (χ0) is 20.1. The van der Waals surface area contributed by atoms with Crippen molar-refractivity contribution in [3.8, 4) is 0 Å². The van der Waals surface area contributed by atoms with E-state index in [1.54, 1.807) is 54.0 Å². The van der Waals surface area contributed by atoms with Crippen LogP contribution < -0.4 is 10.8 Å². The Bertz CT molecular complexity index is 992. The average Bonchev–Trinajstić information content (AvgIpc) is 2.72. The molecule has 7 heteroatoms. The van der Waals surface area contributed by atoms with E-state index in [-0.39, 0.29) is 5.56 Å². The van der Waals surface area contributed by atoms with Crippen LogP contribution in [0.5, 0.6) is 0 Å². The van der Waals surface area contributed by atoms with Gasteiger partial charge in [0.05, 0.1) is 5.92 Å². The number of nitrogens with one attached hydrogen (secondary N) is 2. The molecule has 28 heavy (non-hydrogen) atoms. The summed E-state index contributed by atoms with van der Waals surface area (Å²) in [5.41, 5.74) is 3.34. The number of hydrogen-bond donors (Lipinski definition) is 3. The van der Waals surface area contributed by atoms with Gasteiger partial charge in [0.25, 0.3) is 11.8 Å². The minimum Gasteiger partial charge on any atom is -0.322 e. The van der Waals surface area contributed by atoms with E-state index in [4.69, 9.17) is 5.21 Å². The lowest BCUT2D eigenvalue weighted by Crippen LogP contribution is -2.27. The Labute approximate surface area is 159 Å². The van der Waals surface area contributed by atoms with Crippen molar-refractivity contribution >= 4 is 17.5 Å². The molecule has 0 saturated heterocycles. The lowest BCUT2D eigenvalue weighted by Gasteiger charge is -2.16. The largest absolute Gasteiger partial charge is 0.322 e. The number of hydroxylamine groups is 1. The SMILES string of the molecule is O=C(Nc1ccc(C(C(=O)NO)c2ccccc2)cc1)c1ccc(F)c(F)c1. The predicted molar refractivity (Wildman–Crippen MR) is 99.0 cm³/mol. The van der Waals surface area contributed by atoms with Crippen LogP contribution in [0.3, 0.4) is 0 Å². The number of halogens is 2. The summed E-state index contributed by atoms with van der Waals surface area (Å²) in [4.78, 5) is 24.3. The Morgan fingerprint density at radius 2 is 1.46 bits per heavy atom. The van der Waals surface area contributed by atoms with Crippen molar-refractivity contribution in [2.24, 2.45) is 0 Å². The van der Waals surface area contributed by atoms with Crippen LogP contribution in [0, 0.1) is 11.6 Å². The highest BCUT2D eigenvalue weighted by molar-refractivity contribution is 6.04. The van der Waals surface area contributed by atoms with Gasteiger partial charge in [0, 0.05) is 11.3 Å². The molecule has 0 aliphatic rings. The highest BCUT2D eigenvalue weighted by Gasteiger charge is 2.22. The predicted octanol–water partition coefficient (Wildman–Crippen LogP) is 3.85. The van der Waals surface area contributed by atoms with Crippen LogP contribution in [0.15, 0.2) is 72.8 Å². The fourth-order valence-corrected chi connectivity index (χ4v) is 2.80. The van der Waals surface area contributed by atoms with Crippen molar-refractivity contribution in [3.63, 3.8) is 0 Å². The molecular formula is C21H16F2N2O3. The van der Waals surface area contributed by atoms with E-state index in [0.717, 1.165) is 12.1 Å². The Morgan fingerprint density at radius 3 is 2.07 bits per heavy atom. The van der Waals surface area contributed by atoms with Crippen LogP contribution in [0.2, 0.25) is 0 Å². The summed E-state index contributed by atoms with van der Waals surface area (Å²) in [6, 6.07) is 18.2. The molecule has 0 bridgehead atoms. The molecule has 0 aromatic heterocycles. The van der Waals surface area contributed by atoms with Crippen molar-refractivity contribution in [2.45, 2.75) is 5.92 Å². The Kier molecular flexibility index (Phi) is 5.76. The van der Waals surface area contributed by atoms with Crippen LogP contribution in [0.25, 0.3) is 0 Å². The third-order valence-corrected chi connectivity index (χ3v) is 4.19. The second-order valence-corrected chi connectivity index (χ2v) is 6.02. The average molecular weight is 382 g/mol. The minimum absolute atomic E-state index is 0.0233. The van der Waals surface area contributed by atoms with E-state index in [1.807, 2.05) is 6.07 Å². The molecule has 142 valence electrons. The molecule has 5 nitrogen and oxygen atoms in total. The first-order valence-electron chi connectivity index (χ1n) is 8.35. The van der Waals surface area contributed by atoms with Gasteiger partial charge in [-0.15, -0.1) is 0 Å². The molecular weight excluding hydrogens is 366 g/mol. The molecule has 3 aromatic carbocycles. The van der Waals surface area contributed by atoms with Gasteiger partial charge in [0.1, 0.15) is 0 Å². The quantitative estimate of drug-likeness (QED) is 0.463. The second-order valence-electron chi connectivity index (χ2n) is 6.02. The molecule has 0 aliphatic carbocycles. The first-order chi connectivity index (χ1) is 13.5. The molecule has 0 heterocycles.